The topological polar surface area (TPSA) is 3.24 Å². The zero-order chi connectivity index (χ0) is 41.5. The van der Waals surface area contributed by atoms with Crippen molar-refractivity contribution in [2.75, 3.05) is 4.90 Å². The summed E-state index contributed by atoms with van der Waals surface area (Å²) < 4.78 is 2.57. The fraction of sp³-hybridized carbons (Fsp3) is 0.0164. The van der Waals surface area contributed by atoms with E-state index >= 15 is 0 Å². The number of hydrogen-bond donors (Lipinski definition) is 0. The van der Waals surface area contributed by atoms with Crippen molar-refractivity contribution >= 4 is 48.6 Å². The van der Waals surface area contributed by atoms with Crippen molar-refractivity contribution in [1.82, 2.24) is 0 Å². The zero-order valence-electron chi connectivity index (χ0n) is 34.4. The Labute approximate surface area is 371 Å². The van der Waals surface area contributed by atoms with Gasteiger partial charge in [-0.25, -0.2) is 0 Å². The summed E-state index contributed by atoms with van der Waals surface area (Å²) in [5, 5.41) is 2.54. The molecule has 1 aromatic heterocycles. The predicted molar refractivity (Wildman–Crippen MR) is 267 cm³/mol. The lowest BCUT2D eigenvalue weighted by atomic mass is 9.70. The molecule has 2 aliphatic rings. The average molecular weight is 818 g/mol. The predicted octanol–water partition coefficient (Wildman–Crippen LogP) is 16.9. The summed E-state index contributed by atoms with van der Waals surface area (Å²) in [7, 11) is 0. The molecule has 0 saturated heterocycles. The molecule has 10 aromatic carbocycles. The van der Waals surface area contributed by atoms with Crippen molar-refractivity contribution < 1.29 is 0 Å². The first kappa shape index (κ1) is 35.9. The summed E-state index contributed by atoms with van der Waals surface area (Å²) >= 11 is 1.87. The van der Waals surface area contributed by atoms with Crippen LogP contribution in [0.5, 0.6) is 0 Å². The SMILES string of the molecule is c1ccc(-c2ccccc2-c2ccccc2-c2ccccc2N(c2ccc3c(c2)C2(c4ccccc4-c4ccccc42)c2ccccc2-3)c2cccc3sc4ccccc4c23)cc1. The first-order valence-electron chi connectivity index (χ1n) is 21.8. The number of fused-ring (bicyclic) bond motifs is 13. The molecule has 11 aromatic rings. The van der Waals surface area contributed by atoms with Gasteiger partial charge in [-0.3, -0.25) is 0 Å². The Morgan fingerprint density at radius 2 is 0.762 bits per heavy atom. The maximum absolute atomic E-state index is 2.56. The second kappa shape index (κ2) is 14.1. The van der Waals surface area contributed by atoms with Crippen LogP contribution in [0.3, 0.4) is 0 Å². The van der Waals surface area contributed by atoms with E-state index in [1.807, 2.05) is 11.3 Å². The molecule has 2 aliphatic carbocycles. The third-order valence-corrected chi connectivity index (χ3v) is 14.7. The molecule has 1 heterocycles. The molecule has 0 bridgehead atoms. The Kier molecular flexibility index (Phi) is 8.06. The van der Waals surface area contributed by atoms with Gasteiger partial charge in [0.2, 0.25) is 0 Å². The lowest BCUT2D eigenvalue weighted by molar-refractivity contribution is 0.793. The first-order valence-corrected chi connectivity index (χ1v) is 22.6. The van der Waals surface area contributed by atoms with Gasteiger partial charge < -0.3 is 4.90 Å². The Hall–Kier alpha value is -7.78. The number of anilines is 3. The molecular weight excluding hydrogens is 779 g/mol. The minimum atomic E-state index is -0.463. The van der Waals surface area contributed by atoms with Crippen LogP contribution in [0.1, 0.15) is 22.3 Å². The molecule has 13 rings (SSSR count). The van der Waals surface area contributed by atoms with Crippen LogP contribution < -0.4 is 4.90 Å². The quantitative estimate of drug-likeness (QED) is 0.162. The van der Waals surface area contributed by atoms with E-state index in [2.05, 4.69) is 241 Å². The standard InChI is InChI=1S/C61H39NS/c1-2-19-40(20-3-1)42-21-4-5-22-43(42)44-23-6-7-24-45(44)50-28-11-16-33-56(50)62(57-34-18-36-59-60(57)51-29-12-17-35-58(51)63-59)41-37-38-49-48-27-10-15-32-54(48)61(55(49)39-41)52-30-13-8-25-46(52)47-26-9-14-31-53(47)61/h1-39H. The van der Waals surface area contributed by atoms with Gasteiger partial charge in [-0.05, 0) is 109 Å². The summed E-state index contributed by atoms with van der Waals surface area (Å²) in [6.07, 6.45) is 0. The molecule has 1 spiro atoms. The summed E-state index contributed by atoms with van der Waals surface area (Å²) in [5.74, 6) is 0. The third kappa shape index (κ3) is 5.22. The van der Waals surface area contributed by atoms with E-state index in [1.54, 1.807) is 0 Å². The molecule has 0 fully saturated rings. The van der Waals surface area contributed by atoms with Crippen molar-refractivity contribution in [2.24, 2.45) is 0 Å². The molecule has 1 nitrogen and oxygen atoms in total. The van der Waals surface area contributed by atoms with Crippen LogP contribution in [0.2, 0.25) is 0 Å². The second-order valence-electron chi connectivity index (χ2n) is 16.7. The van der Waals surface area contributed by atoms with Gasteiger partial charge in [0.15, 0.2) is 0 Å². The summed E-state index contributed by atoms with van der Waals surface area (Å²) in [6, 6.07) is 87.8. The average Bonchev–Trinajstić information content (AvgIpc) is 3.99. The fourth-order valence-electron chi connectivity index (χ4n) is 11.0. The van der Waals surface area contributed by atoms with E-state index in [1.165, 1.54) is 98.1 Å². The van der Waals surface area contributed by atoms with Crippen molar-refractivity contribution in [3.63, 3.8) is 0 Å². The molecule has 0 aliphatic heterocycles. The monoisotopic (exact) mass is 817 g/mol. The molecule has 0 radical (unpaired) electrons. The second-order valence-corrected chi connectivity index (χ2v) is 17.8. The van der Waals surface area contributed by atoms with Crippen LogP contribution in [-0.2, 0) is 5.41 Å². The van der Waals surface area contributed by atoms with E-state index in [9.17, 15) is 0 Å². The minimum Gasteiger partial charge on any atom is -0.309 e. The molecule has 0 N–H and O–H groups in total. The highest BCUT2D eigenvalue weighted by Crippen LogP contribution is 2.63. The zero-order valence-corrected chi connectivity index (χ0v) is 35.2. The molecule has 63 heavy (non-hydrogen) atoms. The first-order chi connectivity index (χ1) is 31.3. The number of hydrogen-bond acceptors (Lipinski definition) is 2. The number of benzene rings is 10. The van der Waals surface area contributed by atoms with Gasteiger partial charge in [0.05, 0.1) is 16.8 Å². The molecule has 294 valence electrons. The maximum Gasteiger partial charge on any atom is 0.0726 e. The van der Waals surface area contributed by atoms with E-state index in [4.69, 9.17) is 0 Å². The van der Waals surface area contributed by atoms with Crippen molar-refractivity contribution in [1.29, 1.82) is 0 Å². The van der Waals surface area contributed by atoms with E-state index in [-0.39, 0.29) is 0 Å². The van der Waals surface area contributed by atoms with Gasteiger partial charge in [-0.1, -0.05) is 200 Å². The summed E-state index contributed by atoms with van der Waals surface area (Å²) in [6.45, 7) is 0. The largest absolute Gasteiger partial charge is 0.309 e. The van der Waals surface area contributed by atoms with E-state index in [0.29, 0.717) is 0 Å². The molecule has 2 heteroatoms. The van der Waals surface area contributed by atoms with Gasteiger partial charge >= 0.3 is 0 Å². The van der Waals surface area contributed by atoms with Gasteiger partial charge in [-0.2, -0.15) is 0 Å². The number of thiophene rings is 1. The van der Waals surface area contributed by atoms with Crippen LogP contribution in [0, 0.1) is 0 Å². The van der Waals surface area contributed by atoms with Crippen LogP contribution in [0.15, 0.2) is 237 Å². The van der Waals surface area contributed by atoms with Gasteiger partial charge in [0, 0.05) is 31.4 Å². The molecule has 0 unspecified atom stereocenters. The normalized spacial score (nSPS) is 12.9. The maximum atomic E-state index is 2.56. The van der Waals surface area contributed by atoms with Crippen LogP contribution in [0.4, 0.5) is 17.1 Å². The highest BCUT2D eigenvalue weighted by molar-refractivity contribution is 7.26. The van der Waals surface area contributed by atoms with Gasteiger partial charge in [0.25, 0.3) is 0 Å². The van der Waals surface area contributed by atoms with Gasteiger partial charge in [0.1, 0.15) is 0 Å². The van der Waals surface area contributed by atoms with E-state index in [0.717, 1.165) is 17.1 Å². The molecule has 0 saturated carbocycles. The number of nitrogens with zero attached hydrogens (tertiary/aromatic N) is 1. The fourth-order valence-corrected chi connectivity index (χ4v) is 12.1. The smallest absolute Gasteiger partial charge is 0.0726 e. The lowest BCUT2D eigenvalue weighted by Crippen LogP contribution is -2.26. The third-order valence-electron chi connectivity index (χ3n) is 13.5. The van der Waals surface area contributed by atoms with Crippen molar-refractivity contribution in [2.45, 2.75) is 5.41 Å². The van der Waals surface area contributed by atoms with Crippen molar-refractivity contribution in [3.05, 3.63) is 259 Å². The van der Waals surface area contributed by atoms with Crippen LogP contribution in [0.25, 0.3) is 75.8 Å². The highest BCUT2D eigenvalue weighted by Gasteiger charge is 2.51. The summed E-state index contributed by atoms with van der Waals surface area (Å²) in [4.78, 5) is 2.56. The highest BCUT2D eigenvalue weighted by atomic mass is 32.1. The minimum absolute atomic E-state index is 0.463. The number of rotatable bonds is 6. The molecular formula is C61H39NS. The Morgan fingerprint density at radius 3 is 1.43 bits per heavy atom. The van der Waals surface area contributed by atoms with Crippen LogP contribution in [-0.4, -0.2) is 0 Å². The number of para-hydroxylation sites is 1. The molecule has 0 amide bonds. The van der Waals surface area contributed by atoms with Crippen molar-refractivity contribution in [3.8, 4) is 55.6 Å². The Morgan fingerprint density at radius 1 is 0.302 bits per heavy atom. The summed E-state index contributed by atoms with van der Waals surface area (Å²) in [5.41, 5.74) is 20.7. The van der Waals surface area contributed by atoms with Gasteiger partial charge in [-0.15, -0.1) is 11.3 Å². The Balaban J connectivity index is 1.10. The van der Waals surface area contributed by atoms with Crippen LogP contribution >= 0.6 is 11.3 Å². The Bertz CT molecular complexity index is 3530. The molecule has 0 atom stereocenters. The van der Waals surface area contributed by atoms with E-state index < -0.39 is 5.41 Å². The lowest BCUT2D eigenvalue weighted by Gasteiger charge is -2.33.